The van der Waals surface area contributed by atoms with Gasteiger partial charge in [0.15, 0.2) is 0 Å². The highest BCUT2D eigenvalue weighted by Crippen LogP contribution is 2.50. The lowest BCUT2D eigenvalue weighted by Crippen LogP contribution is -2.50. The van der Waals surface area contributed by atoms with E-state index in [0.29, 0.717) is 17.1 Å². The van der Waals surface area contributed by atoms with Crippen molar-refractivity contribution in [1.82, 2.24) is 9.88 Å². The van der Waals surface area contributed by atoms with Crippen molar-refractivity contribution < 1.29 is 32.6 Å². The van der Waals surface area contributed by atoms with Crippen molar-refractivity contribution in [2.45, 2.75) is 38.0 Å². The first-order valence-corrected chi connectivity index (χ1v) is 8.19. The number of carbonyl (C=O) groups excluding carboxylic acids is 1. The summed E-state index contributed by atoms with van der Waals surface area (Å²) in [4.78, 5) is 27.2. The molecule has 0 radical (unpaired) electrons. The number of aromatic nitrogens is 1. The topological polar surface area (TPSA) is 79.7 Å². The van der Waals surface area contributed by atoms with Crippen LogP contribution in [-0.2, 0) is 9.53 Å². The highest BCUT2D eigenvalue weighted by molar-refractivity contribution is 5.93. The summed E-state index contributed by atoms with van der Waals surface area (Å²) in [6.45, 7) is 1.73. The highest BCUT2D eigenvalue weighted by Gasteiger charge is 2.46. The summed E-state index contributed by atoms with van der Waals surface area (Å²) < 4.78 is 37.1. The van der Waals surface area contributed by atoms with Crippen molar-refractivity contribution in [2.75, 3.05) is 20.2 Å². The lowest BCUT2D eigenvalue weighted by Gasteiger charge is -2.51. The van der Waals surface area contributed by atoms with Gasteiger partial charge >= 0.3 is 12.1 Å². The number of hydrogen-bond donors (Lipinski definition) is 1. The van der Waals surface area contributed by atoms with Gasteiger partial charge in [-0.15, -0.1) is 0 Å². The Hall–Kier alpha value is -2.16. The van der Waals surface area contributed by atoms with Crippen molar-refractivity contribution in [2.24, 2.45) is 5.41 Å². The third-order valence-corrected chi connectivity index (χ3v) is 4.92. The van der Waals surface area contributed by atoms with Gasteiger partial charge in [0.05, 0.1) is 11.7 Å². The van der Waals surface area contributed by atoms with Crippen LogP contribution in [0, 0.1) is 5.41 Å². The molecule has 1 aromatic heterocycles. The molecule has 1 spiro atoms. The van der Waals surface area contributed by atoms with Gasteiger partial charge in [-0.05, 0) is 43.2 Å². The number of rotatable bonds is 2. The average Bonchev–Trinajstić information content (AvgIpc) is 2.59. The van der Waals surface area contributed by atoms with Gasteiger partial charge in [-0.2, -0.15) is 13.2 Å². The summed E-state index contributed by atoms with van der Waals surface area (Å²) in [6.07, 6.45) is 3.26. The van der Waals surface area contributed by atoms with E-state index in [-0.39, 0.29) is 5.91 Å². The molecule has 1 aliphatic carbocycles. The van der Waals surface area contributed by atoms with Crippen LogP contribution < -0.4 is 0 Å². The van der Waals surface area contributed by atoms with E-state index in [1.165, 1.54) is 12.8 Å². The SMILES string of the molecule is COC1CC2(CCN(C(=O)c3cccnc3)CC2)C1.O=C(O)C(F)(F)F. The minimum Gasteiger partial charge on any atom is -0.475 e. The van der Waals surface area contributed by atoms with Crippen LogP contribution in [0.1, 0.15) is 36.0 Å². The minimum atomic E-state index is -5.08. The number of alkyl halides is 3. The molecule has 0 unspecified atom stereocenters. The van der Waals surface area contributed by atoms with E-state index in [1.54, 1.807) is 19.5 Å². The van der Waals surface area contributed by atoms with Crippen LogP contribution in [0.15, 0.2) is 24.5 Å². The Morgan fingerprint density at radius 2 is 1.88 bits per heavy atom. The molecule has 1 aromatic rings. The molecule has 2 aliphatic rings. The molecule has 1 amide bonds. The number of hydrogen-bond acceptors (Lipinski definition) is 4. The van der Waals surface area contributed by atoms with Crippen LogP contribution in [-0.4, -0.2) is 59.3 Å². The number of halogens is 3. The number of carboxylic acids is 1. The van der Waals surface area contributed by atoms with E-state index < -0.39 is 12.1 Å². The third-order valence-electron chi connectivity index (χ3n) is 4.92. The Balaban J connectivity index is 0.000000298. The molecule has 1 saturated carbocycles. The Morgan fingerprint density at radius 1 is 1.31 bits per heavy atom. The van der Waals surface area contributed by atoms with E-state index in [4.69, 9.17) is 14.6 Å². The number of carbonyl (C=O) groups is 2. The van der Waals surface area contributed by atoms with Gasteiger partial charge in [0, 0.05) is 32.6 Å². The summed E-state index contributed by atoms with van der Waals surface area (Å²) in [5, 5.41) is 7.12. The summed E-state index contributed by atoms with van der Waals surface area (Å²) in [6, 6.07) is 3.65. The molecule has 2 fully saturated rings. The summed E-state index contributed by atoms with van der Waals surface area (Å²) in [7, 11) is 1.79. The van der Waals surface area contributed by atoms with Gasteiger partial charge in [0.1, 0.15) is 0 Å². The maximum atomic E-state index is 12.3. The zero-order valence-electron chi connectivity index (χ0n) is 14.3. The lowest BCUT2D eigenvalue weighted by molar-refractivity contribution is -0.192. The van der Waals surface area contributed by atoms with Crippen molar-refractivity contribution >= 4 is 11.9 Å². The second-order valence-electron chi connectivity index (χ2n) is 6.60. The van der Waals surface area contributed by atoms with E-state index >= 15 is 0 Å². The molecular formula is C17H21F3N2O4. The maximum absolute atomic E-state index is 12.3. The summed E-state index contributed by atoms with van der Waals surface area (Å²) in [5.41, 5.74) is 1.15. The largest absolute Gasteiger partial charge is 0.490 e. The van der Waals surface area contributed by atoms with Crippen molar-refractivity contribution in [3.63, 3.8) is 0 Å². The molecule has 3 rings (SSSR count). The van der Waals surface area contributed by atoms with Gasteiger partial charge in [0.2, 0.25) is 0 Å². The Labute approximate surface area is 149 Å². The average molecular weight is 374 g/mol. The van der Waals surface area contributed by atoms with Crippen LogP contribution >= 0.6 is 0 Å². The minimum absolute atomic E-state index is 0.116. The zero-order chi connectivity index (χ0) is 19.4. The molecule has 0 atom stereocenters. The van der Waals surface area contributed by atoms with Crippen molar-refractivity contribution in [3.05, 3.63) is 30.1 Å². The Bertz CT molecular complexity index is 621. The first kappa shape index (κ1) is 20.2. The maximum Gasteiger partial charge on any atom is 0.490 e. The fourth-order valence-corrected chi connectivity index (χ4v) is 3.34. The monoisotopic (exact) mass is 374 g/mol. The number of carboxylic acid groups (broad SMARTS) is 1. The molecule has 1 saturated heterocycles. The number of piperidine rings is 1. The molecule has 0 aromatic carbocycles. The number of nitrogens with zero attached hydrogens (tertiary/aromatic N) is 2. The molecular weight excluding hydrogens is 353 g/mol. The molecule has 144 valence electrons. The molecule has 1 aliphatic heterocycles. The number of methoxy groups -OCH3 is 1. The second kappa shape index (κ2) is 8.03. The van der Waals surface area contributed by atoms with Crippen LogP contribution in [0.25, 0.3) is 0 Å². The number of likely N-dealkylation sites (tertiary alicyclic amines) is 1. The number of ether oxygens (including phenoxy) is 1. The molecule has 1 N–H and O–H groups in total. The van der Waals surface area contributed by atoms with Crippen LogP contribution in [0.3, 0.4) is 0 Å². The summed E-state index contributed by atoms with van der Waals surface area (Å²) >= 11 is 0. The second-order valence-corrected chi connectivity index (χ2v) is 6.60. The van der Waals surface area contributed by atoms with Gasteiger partial charge in [0.25, 0.3) is 5.91 Å². The fraction of sp³-hybridized carbons (Fsp3) is 0.588. The predicted molar refractivity (Wildman–Crippen MR) is 85.5 cm³/mol. The third kappa shape index (κ3) is 4.94. The predicted octanol–water partition coefficient (Wildman–Crippen LogP) is 2.75. The molecule has 2 heterocycles. The number of aliphatic carboxylic acids is 1. The van der Waals surface area contributed by atoms with Crippen LogP contribution in [0.5, 0.6) is 0 Å². The van der Waals surface area contributed by atoms with Gasteiger partial charge in [-0.3, -0.25) is 9.78 Å². The quantitative estimate of drug-likeness (QED) is 0.861. The smallest absolute Gasteiger partial charge is 0.475 e. The van der Waals surface area contributed by atoms with Crippen molar-refractivity contribution in [1.29, 1.82) is 0 Å². The lowest BCUT2D eigenvalue weighted by atomic mass is 9.61. The molecule has 6 nitrogen and oxygen atoms in total. The van der Waals surface area contributed by atoms with Crippen LogP contribution in [0.4, 0.5) is 13.2 Å². The van der Waals surface area contributed by atoms with Crippen LogP contribution in [0.2, 0.25) is 0 Å². The number of amides is 1. The molecule has 26 heavy (non-hydrogen) atoms. The zero-order valence-corrected chi connectivity index (χ0v) is 14.3. The van der Waals surface area contributed by atoms with E-state index in [9.17, 15) is 18.0 Å². The van der Waals surface area contributed by atoms with E-state index in [0.717, 1.165) is 25.9 Å². The first-order chi connectivity index (χ1) is 12.2. The van der Waals surface area contributed by atoms with Gasteiger partial charge in [-0.1, -0.05) is 0 Å². The standard InChI is InChI=1S/C15H20N2O2.C2HF3O2/c1-19-13-9-15(10-13)4-7-17(8-5-15)14(18)12-3-2-6-16-11-12;3-2(4,5)1(6)7/h2-3,6,11,13H,4-5,7-10H2,1H3;(H,6,7). The molecule has 9 heteroatoms. The fourth-order valence-electron chi connectivity index (χ4n) is 3.34. The van der Waals surface area contributed by atoms with E-state index in [1.807, 2.05) is 17.0 Å². The van der Waals surface area contributed by atoms with E-state index in [2.05, 4.69) is 4.98 Å². The first-order valence-electron chi connectivity index (χ1n) is 8.19. The Kier molecular flexibility index (Phi) is 6.22. The highest BCUT2D eigenvalue weighted by atomic mass is 19.4. The number of pyridine rings is 1. The summed E-state index contributed by atoms with van der Waals surface area (Å²) in [5.74, 6) is -2.64. The molecule has 0 bridgehead atoms. The van der Waals surface area contributed by atoms with Crippen molar-refractivity contribution in [3.8, 4) is 0 Å². The van der Waals surface area contributed by atoms with Gasteiger partial charge in [-0.25, -0.2) is 4.79 Å². The van der Waals surface area contributed by atoms with Gasteiger partial charge < -0.3 is 14.7 Å². The Morgan fingerprint density at radius 3 is 2.31 bits per heavy atom. The normalized spacial score (nSPS) is 19.3.